The molecular weight excluding hydrogens is 476 g/mol. The van der Waals surface area contributed by atoms with Gasteiger partial charge in [-0.25, -0.2) is 9.67 Å². The third-order valence-corrected chi connectivity index (χ3v) is 6.61. The maximum atomic E-state index is 6.76. The number of ether oxygens (including phenoxy) is 1. The lowest BCUT2D eigenvalue weighted by Crippen LogP contribution is -2.44. The van der Waals surface area contributed by atoms with E-state index in [0.29, 0.717) is 10.8 Å². The van der Waals surface area contributed by atoms with Crippen molar-refractivity contribution in [3.63, 3.8) is 0 Å². The van der Waals surface area contributed by atoms with Gasteiger partial charge in [-0.1, -0.05) is 17.7 Å². The number of aromatic nitrogens is 4. The molecule has 1 aliphatic heterocycles. The predicted molar refractivity (Wildman–Crippen MR) is 145 cm³/mol. The third kappa shape index (κ3) is 4.93. The number of nitrogens with zero attached hydrogens (tertiary/aromatic N) is 6. The number of nitrogen functional groups attached to an aromatic ring is 1. The zero-order valence-corrected chi connectivity index (χ0v) is 21.3. The first-order valence-electron chi connectivity index (χ1n) is 11.8. The molecule has 1 aliphatic rings. The number of nitrogens with one attached hydrogen (secondary N) is 1. The number of rotatable bonds is 6. The molecule has 186 valence electrons. The van der Waals surface area contributed by atoms with Crippen LogP contribution in [0.3, 0.4) is 0 Å². The van der Waals surface area contributed by atoms with E-state index in [9.17, 15) is 0 Å². The number of piperazine rings is 1. The Hall–Kier alpha value is -3.82. The molecule has 0 spiro atoms. The van der Waals surface area contributed by atoms with E-state index in [0.717, 1.165) is 65.9 Å². The number of hydrogen-bond acceptors (Lipinski definition) is 8. The normalized spacial score (nSPS) is 14.2. The number of anilines is 4. The first-order chi connectivity index (χ1) is 17.4. The fourth-order valence-corrected chi connectivity index (χ4v) is 4.61. The van der Waals surface area contributed by atoms with Gasteiger partial charge in [-0.15, -0.1) is 0 Å². The second kappa shape index (κ2) is 10.0. The Morgan fingerprint density at radius 1 is 1.03 bits per heavy atom. The third-order valence-electron chi connectivity index (χ3n) is 6.31. The number of aryl methyl sites for hydroxylation is 1. The van der Waals surface area contributed by atoms with Crippen molar-refractivity contribution in [2.24, 2.45) is 0 Å². The van der Waals surface area contributed by atoms with E-state index in [-0.39, 0.29) is 5.95 Å². The van der Waals surface area contributed by atoms with Crippen LogP contribution >= 0.6 is 11.6 Å². The molecule has 36 heavy (non-hydrogen) atoms. The van der Waals surface area contributed by atoms with Crippen molar-refractivity contribution in [2.75, 3.05) is 56.3 Å². The van der Waals surface area contributed by atoms with Gasteiger partial charge in [-0.2, -0.15) is 10.1 Å². The Labute approximate surface area is 215 Å². The molecule has 0 aliphatic carbocycles. The smallest absolute Gasteiger partial charge is 0.221 e. The van der Waals surface area contributed by atoms with Crippen molar-refractivity contribution in [1.29, 1.82) is 0 Å². The van der Waals surface area contributed by atoms with Gasteiger partial charge < -0.3 is 25.6 Å². The molecule has 9 nitrogen and oxygen atoms in total. The molecule has 3 N–H and O–H groups in total. The van der Waals surface area contributed by atoms with Gasteiger partial charge in [0.25, 0.3) is 0 Å². The molecule has 0 amide bonds. The summed E-state index contributed by atoms with van der Waals surface area (Å²) in [6.45, 7) is 5.86. The number of nitrogens with two attached hydrogens (primary N) is 1. The highest BCUT2D eigenvalue weighted by Gasteiger charge is 2.19. The van der Waals surface area contributed by atoms with E-state index < -0.39 is 0 Å². The Morgan fingerprint density at radius 2 is 1.78 bits per heavy atom. The van der Waals surface area contributed by atoms with Crippen LogP contribution in [0.25, 0.3) is 16.8 Å². The van der Waals surface area contributed by atoms with E-state index in [1.165, 1.54) is 0 Å². The molecule has 2 aromatic heterocycles. The van der Waals surface area contributed by atoms with Gasteiger partial charge in [0.2, 0.25) is 5.95 Å². The van der Waals surface area contributed by atoms with E-state index in [4.69, 9.17) is 22.1 Å². The van der Waals surface area contributed by atoms with Crippen molar-refractivity contribution in [1.82, 2.24) is 24.6 Å². The van der Waals surface area contributed by atoms with Gasteiger partial charge in [0.05, 0.1) is 29.2 Å². The van der Waals surface area contributed by atoms with Crippen molar-refractivity contribution in [3.8, 4) is 22.6 Å². The number of methoxy groups -OCH3 is 1. The summed E-state index contributed by atoms with van der Waals surface area (Å²) in [7, 11) is 3.78. The van der Waals surface area contributed by atoms with Crippen molar-refractivity contribution in [2.45, 2.75) is 6.92 Å². The largest absolute Gasteiger partial charge is 0.497 e. The molecule has 5 rings (SSSR count). The molecule has 0 bridgehead atoms. The summed E-state index contributed by atoms with van der Waals surface area (Å²) < 4.78 is 7.10. The lowest BCUT2D eigenvalue weighted by molar-refractivity contribution is 0.313. The van der Waals surface area contributed by atoms with Crippen LogP contribution in [-0.4, -0.2) is 65.0 Å². The molecule has 4 aromatic rings. The van der Waals surface area contributed by atoms with Crippen molar-refractivity contribution >= 4 is 34.9 Å². The molecule has 3 heterocycles. The number of likely N-dealkylation sites (N-methyl/N-ethyl adjacent to an activating group) is 1. The van der Waals surface area contributed by atoms with Crippen molar-refractivity contribution < 1.29 is 4.74 Å². The summed E-state index contributed by atoms with van der Waals surface area (Å²) in [4.78, 5) is 13.4. The molecule has 0 radical (unpaired) electrons. The molecule has 10 heteroatoms. The van der Waals surface area contributed by atoms with Gasteiger partial charge in [0, 0.05) is 44.0 Å². The van der Waals surface area contributed by atoms with Crippen LogP contribution in [-0.2, 0) is 0 Å². The standard InChI is InChI=1S/C26H29ClN8O/c1-17-14-24(35(32-17)19-5-7-20(36-3)8-6-19)30-25-21(16-29-26(28)31-25)18-4-9-23(22(27)15-18)34-12-10-33(2)11-13-34/h4-9,14-16H,10-13H2,1-3H3,(H3,28,29,30,31). The number of hydrogen-bond donors (Lipinski definition) is 2. The van der Waals surface area contributed by atoms with Gasteiger partial charge in [-0.05, 0) is 55.9 Å². The molecule has 1 fully saturated rings. The van der Waals surface area contributed by atoms with Gasteiger partial charge >= 0.3 is 0 Å². The fraction of sp³-hybridized carbons (Fsp3) is 0.269. The first-order valence-corrected chi connectivity index (χ1v) is 12.1. The summed E-state index contributed by atoms with van der Waals surface area (Å²) in [5.74, 6) is 2.27. The highest BCUT2D eigenvalue weighted by molar-refractivity contribution is 6.33. The van der Waals surface area contributed by atoms with Crippen LogP contribution in [0.5, 0.6) is 5.75 Å². The minimum Gasteiger partial charge on any atom is -0.497 e. The van der Waals surface area contributed by atoms with Crippen LogP contribution in [0.15, 0.2) is 54.7 Å². The van der Waals surface area contributed by atoms with E-state index >= 15 is 0 Å². The minimum absolute atomic E-state index is 0.175. The Bertz CT molecular complexity index is 1360. The summed E-state index contributed by atoms with van der Waals surface area (Å²) in [6.07, 6.45) is 1.72. The molecule has 0 atom stereocenters. The Balaban J connectivity index is 1.47. The zero-order valence-electron chi connectivity index (χ0n) is 20.6. The summed E-state index contributed by atoms with van der Waals surface area (Å²) in [5, 5.41) is 8.75. The molecule has 0 saturated carbocycles. The highest BCUT2D eigenvalue weighted by atomic mass is 35.5. The second-order valence-corrected chi connectivity index (χ2v) is 9.26. The van der Waals surface area contributed by atoms with Crippen LogP contribution in [0, 0.1) is 6.92 Å². The van der Waals surface area contributed by atoms with E-state index in [1.54, 1.807) is 13.3 Å². The van der Waals surface area contributed by atoms with Gasteiger partial charge in [-0.3, -0.25) is 0 Å². The average molecular weight is 505 g/mol. The van der Waals surface area contributed by atoms with E-state index in [1.807, 2.05) is 54.1 Å². The molecule has 1 saturated heterocycles. The lowest BCUT2D eigenvalue weighted by Gasteiger charge is -2.34. The summed E-state index contributed by atoms with van der Waals surface area (Å²) in [5.41, 5.74) is 10.4. The lowest BCUT2D eigenvalue weighted by atomic mass is 10.1. The van der Waals surface area contributed by atoms with Gasteiger partial charge in [0.1, 0.15) is 17.4 Å². The molecule has 0 unspecified atom stereocenters. The Morgan fingerprint density at radius 3 is 2.47 bits per heavy atom. The zero-order chi connectivity index (χ0) is 25.2. The van der Waals surface area contributed by atoms with Gasteiger partial charge in [0.15, 0.2) is 0 Å². The quantitative estimate of drug-likeness (QED) is 0.399. The fourth-order valence-electron chi connectivity index (χ4n) is 4.31. The van der Waals surface area contributed by atoms with Crippen LogP contribution in [0.2, 0.25) is 5.02 Å². The molecule has 2 aromatic carbocycles. The summed E-state index contributed by atoms with van der Waals surface area (Å²) in [6, 6.07) is 15.7. The van der Waals surface area contributed by atoms with Crippen LogP contribution in [0.1, 0.15) is 5.69 Å². The first kappa shape index (κ1) is 23.9. The number of halogens is 1. The topological polar surface area (TPSA) is 97.4 Å². The highest BCUT2D eigenvalue weighted by Crippen LogP contribution is 2.35. The minimum atomic E-state index is 0.175. The monoisotopic (exact) mass is 504 g/mol. The Kier molecular flexibility index (Phi) is 6.67. The summed E-state index contributed by atoms with van der Waals surface area (Å²) >= 11 is 6.76. The maximum absolute atomic E-state index is 6.76. The average Bonchev–Trinajstić information content (AvgIpc) is 3.24. The maximum Gasteiger partial charge on any atom is 0.221 e. The number of benzene rings is 2. The molecular formula is C26H29ClN8O. The van der Waals surface area contributed by atoms with Crippen molar-refractivity contribution in [3.05, 3.63) is 65.4 Å². The van der Waals surface area contributed by atoms with Crippen LogP contribution in [0.4, 0.5) is 23.3 Å². The predicted octanol–water partition coefficient (Wildman–Crippen LogP) is 4.38. The van der Waals surface area contributed by atoms with E-state index in [2.05, 4.69) is 43.3 Å². The second-order valence-electron chi connectivity index (χ2n) is 8.85. The van der Waals surface area contributed by atoms with Crippen LogP contribution < -0.4 is 20.7 Å². The SMILES string of the molecule is COc1ccc(-n2nc(C)cc2Nc2nc(N)ncc2-c2ccc(N3CCN(C)CC3)c(Cl)c2)cc1.